The number of nitrogens with one attached hydrogen (secondary N) is 1. The van der Waals surface area contributed by atoms with Gasteiger partial charge in [-0.2, -0.15) is 0 Å². The normalized spacial score (nSPS) is 15.9. The van der Waals surface area contributed by atoms with Gasteiger partial charge in [0.2, 0.25) is 5.91 Å². The number of carbonyl (C=O) groups is 3. The van der Waals surface area contributed by atoms with Crippen LogP contribution in [0.5, 0.6) is 0 Å². The molecule has 1 fully saturated rings. The number of imide groups is 1. The minimum Gasteiger partial charge on any atom is -0.326 e. The summed E-state index contributed by atoms with van der Waals surface area (Å²) in [7, 11) is 0. The lowest BCUT2D eigenvalue weighted by atomic mass is 10.1. The number of aryl methyl sites for hydroxylation is 1. The number of rotatable bonds is 6. The average molecular weight is 431 g/mol. The molecule has 1 aliphatic rings. The first-order valence-corrected chi connectivity index (χ1v) is 10.2. The highest BCUT2D eigenvalue weighted by atomic mass is 19.1. The summed E-state index contributed by atoms with van der Waals surface area (Å²) in [6, 6.07) is 20.2. The minimum atomic E-state index is -0.975. The van der Waals surface area contributed by atoms with Crippen LogP contribution in [-0.4, -0.2) is 28.8 Å². The van der Waals surface area contributed by atoms with Crippen LogP contribution in [0, 0.1) is 12.7 Å². The van der Waals surface area contributed by atoms with Crippen molar-refractivity contribution in [1.29, 1.82) is 0 Å². The molecule has 162 valence electrons. The number of hydrogen-bond acceptors (Lipinski definition) is 3. The Labute approximate surface area is 185 Å². The van der Waals surface area contributed by atoms with E-state index in [4.69, 9.17) is 0 Å². The van der Waals surface area contributed by atoms with E-state index in [9.17, 15) is 18.8 Å². The maximum Gasteiger partial charge on any atom is 0.332 e. The molecule has 0 spiro atoms. The Morgan fingerprint density at radius 2 is 1.69 bits per heavy atom. The van der Waals surface area contributed by atoms with E-state index in [0.29, 0.717) is 16.9 Å². The van der Waals surface area contributed by atoms with Gasteiger partial charge in [-0.1, -0.05) is 42.5 Å². The molecule has 0 bridgehead atoms. The van der Waals surface area contributed by atoms with Gasteiger partial charge in [0.25, 0.3) is 5.91 Å². The fraction of sp³-hybridized carbons (Fsp3) is 0.160. The Hall–Kier alpha value is -4.00. The molecule has 1 N–H and O–H groups in total. The second-order valence-electron chi connectivity index (χ2n) is 7.68. The molecule has 32 heavy (non-hydrogen) atoms. The van der Waals surface area contributed by atoms with Gasteiger partial charge in [-0.15, -0.1) is 0 Å². The van der Waals surface area contributed by atoms with Crippen LogP contribution >= 0.6 is 0 Å². The van der Waals surface area contributed by atoms with Crippen LogP contribution in [0.2, 0.25) is 0 Å². The highest BCUT2D eigenvalue weighted by molar-refractivity contribution is 6.22. The number of halogens is 1. The Kier molecular flexibility index (Phi) is 5.98. The standard InChI is InChI=1S/C25H22FN3O3/c1-17-6-5-9-21(14-17)29-24(31)22(15-23(30)27-20-7-3-2-4-8-20)28(25(29)32)16-18-10-12-19(26)13-11-18/h2-14,22H,15-16H2,1H3,(H,27,30)/t22-/m0/s1. The summed E-state index contributed by atoms with van der Waals surface area (Å²) in [5.41, 5.74) is 2.62. The second kappa shape index (κ2) is 9.01. The summed E-state index contributed by atoms with van der Waals surface area (Å²) in [6.45, 7) is 1.95. The van der Waals surface area contributed by atoms with Gasteiger partial charge in [0.1, 0.15) is 11.9 Å². The molecule has 1 aliphatic heterocycles. The van der Waals surface area contributed by atoms with Crippen molar-refractivity contribution < 1.29 is 18.8 Å². The van der Waals surface area contributed by atoms with Crippen molar-refractivity contribution in [3.05, 3.63) is 95.8 Å². The lowest BCUT2D eigenvalue weighted by molar-refractivity contribution is -0.124. The van der Waals surface area contributed by atoms with E-state index >= 15 is 0 Å². The molecule has 1 atom stereocenters. The summed E-state index contributed by atoms with van der Waals surface area (Å²) in [6.07, 6.45) is -0.191. The Morgan fingerprint density at radius 3 is 2.38 bits per heavy atom. The third kappa shape index (κ3) is 4.51. The number of hydrogen-bond donors (Lipinski definition) is 1. The van der Waals surface area contributed by atoms with Gasteiger partial charge >= 0.3 is 6.03 Å². The van der Waals surface area contributed by atoms with Crippen LogP contribution in [0.1, 0.15) is 17.5 Å². The SMILES string of the molecule is Cc1cccc(N2C(=O)[C@H](CC(=O)Nc3ccccc3)N(Cc3ccc(F)cc3)C2=O)c1. The molecule has 0 aromatic heterocycles. The topological polar surface area (TPSA) is 69.7 Å². The maximum absolute atomic E-state index is 13.3. The lowest BCUT2D eigenvalue weighted by Crippen LogP contribution is -2.37. The number of amides is 4. The Morgan fingerprint density at radius 1 is 0.969 bits per heavy atom. The fourth-order valence-corrected chi connectivity index (χ4v) is 3.71. The van der Waals surface area contributed by atoms with Crippen molar-refractivity contribution in [2.24, 2.45) is 0 Å². The van der Waals surface area contributed by atoms with Crippen molar-refractivity contribution in [3.63, 3.8) is 0 Å². The molecule has 1 saturated heterocycles. The Bertz CT molecular complexity index is 1150. The number of carbonyl (C=O) groups excluding carboxylic acids is 3. The lowest BCUT2D eigenvalue weighted by Gasteiger charge is -2.21. The van der Waals surface area contributed by atoms with Gasteiger partial charge in [-0.05, 0) is 54.4 Å². The van der Waals surface area contributed by atoms with E-state index in [1.165, 1.54) is 17.0 Å². The van der Waals surface area contributed by atoms with Gasteiger partial charge in [0, 0.05) is 12.2 Å². The molecule has 3 aromatic carbocycles. The predicted molar refractivity (Wildman–Crippen MR) is 119 cm³/mol. The van der Waals surface area contributed by atoms with Crippen LogP contribution in [0.3, 0.4) is 0 Å². The van der Waals surface area contributed by atoms with Gasteiger partial charge in [0.15, 0.2) is 0 Å². The number of nitrogens with zero attached hydrogens (tertiary/aromatic N) is 2. The average Bonchev–Trinajstić information content (AvgIpc) is 3.00. The smallest absolute Gasteiger partial charge is 0.326 e. The molecule has 7 heteroatoms. The molecular weight excluding hydrogens is 409 g/mol. The minimum absolute atomic E-state index is 0.0798. The Balaban J connectivity index is 1.61. The summed E-state index contributed by atoms with van der Waals surface area (Å²) in [4.78, 5) is 41.7. The molecular formula is C25H22FN3O3. The summed E-state index contributed by atoms with van der Waals surface area (Å²) >= 11 is 0. The molecule has 0 saturated carbocycles. The van der Waals surface area contributed by atoms with Crippen molar-refractivity contribution >= 4 is 29.2 Å². The number of urea groups is 1. The number of anilines is 2. The van der Waals surface area contributed by atoms with Gasteiger partial charge in [0.05, 0.1) is 12.1 Å². The number of benzene rings is 3. The van der Waals surface area contributed by atoms with Gasteiger partial charge < -0.3 is 10.2 Å². The molecule has 4 rings (SSSR count). The van der Waals surface area contributed by atoms with E-state index < -0.39 is 23.8 Å². The zero-order valence-electron chi connectivity index (χ0n) is 17.5. The van der Waals surface area contributed by atoms with E-state index in [2.05, 4.69) is 5.32 Å². The second-order valence-corrected chi connectivity index (χ2v) is 7.68. The zero-order valence-corrected chi connectivity index (χ0v) is 17.5. The van der Waals surface area contributed by atoms with Gasteiger partial charge in [-0.25, -0.2) is 14.1 Å². The van der Waals surface area contributed by atoms with Crippen molar-refractivity contribution in [2.45, 2.75) is 25.9 Å². The summed E-state index contributed by atoms with van der Waals surface area (Å²) in [5.74, 6) is -1.23. The van der Waals surface area contributed by atoms with E-state index in [-0.39, 0.29) is 18.9 Å². The van der Waals surface area contributed by atoms with E-state index in [1.54, 1.807) is 54.6 Å². The summed E-state index contributed by atoms with van der Waals surface area (Å²) in [5, 5.41) is 2.76. The van der Waals surface area contributed by atoms with E-state index in [0.717, 1.165) is 10.5 Å². The third-order valence-corrected chi connectivity index (χ3v) is 5.28. The highest BCUT2D eigenvalue weighted by Gasteiger charge is 2.46. The molecule has 0 aliphatic carbocycles. The molecule has 3 aromatic rings. The predicted octanol–water partition coefficient (Wildman–Crippen LogP) is 4.50. The quantitative estimate of drug-likeness (QED) is 0.584. The molecule has 1 heterocycles. The molecule has 4 amide bonds. The first-order chi connectivity index (χ1) is 15.4. The summed E-state index contributed by atoms with van der Waals surface area (Å²) < 4.78 is 13.3. The first-order valence-electron chi connectivity index (χ1n) is 10.2. The van der Waals surface area contributed by atoms with Crippen LogP contribution in [0.15, 0.2) is 78.9 Å². The van der Waals surface area contributed by atoms with Gasteiger partial charge in [-0.3, -0.25) is 9.59 Å². The first kappa shape index (κ1) is 21.2. The van der Waals surface area contributed by atoms with Crippen molar-refractivity contribution in [3.8, 4) is 0 Å². The molecule has 0 radical (unpaired) electrons. The van der Waals surface area contributed by atoms with Crippen LogP contribution < -0.4 is 10.2 Å². The maximum atomic E-state index is 13.3. The monoisotopic (exact) mass is 431 g/mol. The van der Waals surface area contributed by atoms with Crippen LogP contribution in [0.25, 0.3) is 0 Å². The van der Waals surface area contributed by atoms with Crippen molar-refractivity contribution in [1.82, 2.24) is 4.90 Å². The van der Waals surface area contributed by atoms with Crippen LogP contribution in [-0.2, 0) is 16.1 Å². The molecule has 6 nitrogen and oxygen atoms in total. The zero-order chi connectivity index (χ0) is 22.7. The van der Waals surface area contributed by atoms with Crippen LogP contribution in [0.4, 0.5) is 20.6 Å². The largest absolute Gasteiger partial charge is 0.332 e. The van der Waals surface area contributed by atoms with E-state index in [1.807, 2.05) is 19.1 Å². The molecule has 0 unspecified atom stereocenters. The third-order valence-electron chi connectivity index (χ3n) is 5.28. The highest BCUT2D eigenvalue weighted by Crippen LogP contribution is 2.29. The number of para-hydroxylation sites is 1. The fourth-order valence-electron chi connectivity index (χ4n) is 3.71. The van der Waals surface area contributed by atoms with Crippen molar-refractivity contribution in [2.75, 3.05) is 10.2 Å².